The summed E-state index contributed by atoms with van der Waals surface area (Å²) in [6.07, 6.45) is 1.51. The van der Waals surface area contributed by atoms with E-state index in [9.17, 15) is 9.59 Å². The Balaban J connectivity index is 2.37. The zero-order valence-electron chi connectivity index (χ0n) is 11.2. The van der Waals surface area contributed by atoms with Crippen LogP contribution in [0.5, 0.6) is 0 Å². The molecule has 1 aliphatic heterocycles. The maximum absolute atomic E-state index is 11.6. The van der Waals surface area contributed by atoms with Gasteiger partial charge >= 0.3 is 0 Å². The van der Waals surface area contributed by atoms with Crippen molar-refractivity contribution in [3.63, 3.8) is 0 Å². The van der Waals surface area contributed by atoms with Gasteiger partial charge in [-0.3, -0.25) is 9.59 Å². The summed E-state index contributed by atoms with van der Waals surface area (Å²) in [5, 5.41) is 0. The van der Waals surface area contributed by atoms with E-state index in [4.69, 9.17) is 0 Å². The number of rotatable bonds is 2. The van der Waals surface area contributed by atoms with Crippen LogP contribution in [0.2, 0.25) is 0 Å². The molecule has 0 saturated carbocycles. The van der Waals surface area contributed by atoms with Gasteiger partial charge in [-0.15, -0.1) is 0 Å². The predicted octanol–water partition coefficient (Wildman–Crippen LogP) is 2.84. The molecule has 3 nitrogen and oxygen atoms in total. The topological polar surface area (TPSA) is 37.4 Å². The molecule has 3 heteroatoms. The lowest BCUT2D eigenvalue weighted by Gasteiger charge is -2.43. The fourth-order valence-electron chi connectivity index (χ4n) is 2.38. The summed E-state index contributed by atoms with van der Waals surface area (Å²) in [6.45, 7) is 6.28. The van der Waals surface area contributed by atoms with E-state index in [0.29, 0.717) is 18.5 Å². The number of carbonyl (C=O) groups excluding carboxylic acids is 2. The maximum Gasteiger partial charge on any atom is 0.159 e. The second-order valence-electron chi connectivity index (χ2n) is 5.54. The lowest BCUT2D eigenvalue weighted by atomic mass is 9.89. The molecule has 0 unspecified atom stereocenters. The Morgan fingerprint density at radius 2 is 2.06 bits per heavy atom. The lowest BCUT2D eigenvalue weighted by Crippen LogP contribution is -2.51. The Hall–Kier alpha value is -1.64. The summed E-state index contributed by atoms with van der Waals surface area (Å²) < 4.78 is 0. The zero-order valence-corrected chi connectivity index (χ0v) is 11.2. The van der Waals surface area contributed by atoms with E-state index in [1.807, 2.05) is 24.3 Å². The molecule has 1 saturated heterocycles. The molecule has 18 heavy (non-hydrogen) atoms. The fraction of sp³-hybridized carbons (Fsp3) is 0.467. The second-order valence-corrected chi connectivity index (χ2v) is 5.54. The normalized spacial score (nSPS) is 18.8. The molecule has 0 aromatic heterocycles. The van der Waals surface area contributed by atoms with Crippen LogP contribution in [0, 0.1) is 0 Å². The van der Waals surface area contributed by atoms with Crippen molar-refractivity contribution in [3.8, 4) is 0 Å². The molecule has 1 heterocycles. The number of nitrogens with zero attached hydrogens (tertiary/aromatic N) is 1. The SMILES string of the molecule is CC(=O)c1cccc(N2CC(=O)CCC2(C)C)c1. The van der Waals surface area contributed by atoms with Gasteiger partial charge in [-0.05, 0) is 39.3 Å². The Kier molecular flexibility index (Phi) is 3.24. The lowest BCUT2D eigenvalue weighted by molar-refractivity contribution is -0.119. The smallest absolute Gasteiger partial charge is 0.159 e. The highest BCUT2D eigenvalue weighted by Gasteiger charge is 2.33. The molecule has 1 fully saturated rings. The van der Waals surface area contributed by atoms with Crippen molar-refractivity contribution >= 4 is 17.3 Å². The van der Waals surface area contributed by atoms with E-state index >= 15 is 0 Å². The minimum atomic E-state index is -0.0384. The van der Waals surface area contributed by atoms with Crippen molar-refractivity contribution in [2.45, 2.75) is 39.2 Å². The van der Waals surface area contributed by atoms with Crippen LogP contribution in [0.25, 0.3) is 0 Å². The third kappa shape index (κ3) is 2.45. The van der Waals surface area contributed by atoms with Gasteiger partial charge in [0.25, 0.3) is 0 Å². The van der Waals surface area contributed by atoms with E-state index in [-0.39, 0.29) is 17.1 Å². The van der Waals surface area contributed by atoms with Crippen LogP contribution >= 0.6 is 0 Å². The molecule has 1 aromatic rings. The molecule has 1 aromatic carbocycles. The van der Waals surface area contributed by atoms with E-state index in [2.05, 4.69) is 18.7 Å². The van der Waals surface area contributed by atoms with Gasteiger partial charge in [-0.2, -0.15) is 0 Å². The quantitative estimate of drug-likeness (QED) is 0.752. The van der Waals surface area contributed by atoms with Gasteiger partial charge in [0.05, 0.1) is 6.54 Å². The number of ketones is 2. The number of hydrogen-bond acceptors (Lipinski definition) is 3. The van der Waals surface area contributed by atoms with Crippen molar-refractivity contribution < 1.29 is 9.59 Å². The summed E-state index contributed by atoms with van der Waals surface area (Å²) >= 11 is 0. The summed E-state index contributed by atoms with van der Waals surface area (Å²) in [5.41, 5.74) is 1.62. The van der Waals surface area contributed by atoms with E-state index in [1.165, 1.54) is 0 Å². The minimum absolute atomic E-state index is 0.0384. The van der Waals surface area contributed by atoms with Gasteiger partial charge in [0.2, 0.25) is 0 Å². The first-order chi connectivity index (χ1) is 8.40. The number of hydrogen-bond donors (Lipinski definition) is 0. The van der Waals surface area contributed by atoms with Crippen LogP contribution in [0.4, 0.5) is 5.69 Å². The molecular formula is C15H19NO2. The highest BCUT2D eigenvalue weighted by atomic mass is 16.1. The average molecular weight is 245 g/mol. The second kappa shape index (κ2) is 4.56. The first-order valence-electron chi connectivity index (χ1n) is 6.30. The summed E-state index contributed by atoms with van der Waals surface area (Å²) in [4.78, 5) is 25.2. The molecule has 0 amide bonds. The van der Waals surface area contributed by atoms with Gasteiger partial charge < -0.3 is 4.90 Å². The van der Waals surface area contributed by atoms with Crippen molar-refractivity contribution in [1.82, 2.24) is 0 Å². The molecule has 0 radical (unpaired) electrons. The first kappa shape index (κ1) is 12.8. The highest BCUT2D eigenvalue weighted by molar-refractivity contribution is 5.95. The van der Waals surface area contributed by atoms with Gasteiger partial charge in [0, 0.05) is 23.2 Å². The van der Waals surface area contributed by atoms with Crippen LogP contribution in [-0.4, -0.2) is 23.7 Å². The van der Waals surface area contributed by atoms with E-state index in [1.54, 1.807) is 6.92 Å². The zero-order chi connectivity index (χ0) is 13.3. The van der Waals surface area contributed by atoms with Crippen molar-refractivity contribution in [2.24, 2.45) is 0 Å². The standard InChI is InChI=1S/C15H19NO2/c1-11(17)12-5-4-6-13(9-12)16-10-14(18)7-8-15(16,2)3/h4-6,9H,7-8,10H2,1-3H3. The Morgan fingerprint density at radius 3 is 2.72 bits per heavy atom. The third-order valence-corrected chi connectivity index (χ3v) is 3.65. The molecule has 0 spiro atoms. The number of anilines is 1. The predicted molar refractivity (Wildman–Crippen MR) is 72.1 cm³/mol. The summed E-state index contributed by atoms with van der Waals surface area (Å²) in [7, 11) is 0. The van der Waals surface area contributed by atoms with Gasteiger partial charge in [0.15, 0.2) is 11.6 Å². The number of carbonyl (C=O) groups is 2. The third-order valence-electron chi connectivity index (χ3n) is 3.65. The number of Topliss-reactive ketones (excluding diaryl/α,β-unsaturated/α-hetero) is 2. The van der Waals surface area contributed by atoms with Crippen LogP contribution < -0.4 is 4.90 Å². The monoisotopic (exact) mass is 245 g/mol. The fourth-order valence-corrected chi connectivity index (χ4v) is 2.38. The minimum Gasteiger partial charge on any atom is -0.359 e. The number of piperidine rings is 1. The van der Waals surface area contributed by atoms with Gasteiger partial charge in [-0.1, -0.05) is 12.1 Å². The first-order valence-corrected chi connectivity index (χ1v) is 6.30. The van der Waals surface area contributed by atoms with Gasteiger partial charge in [-0.25, -0.2) is 0 Å². The molecule has 0 N–H and O–H groups in total. The molecule has 96 valence electrons. The Bertz CT molecular complexity index is 491. The maximum atomic E-state index is 11.6. The van der Waals surface area contributed by atoms with Crippen LogP contribution in [0.15, 0.2) is 24.3 Å². The summed E-state index contributed by atoms with van der Waals surface area (Å²) in [5.74, 6) is 0.320. The van der Waals surface area contributed by atoms with Gasteiger partial charge in [0.1, 0.15) is 0 Å². The molecule has 0 bridgehead atoms. The Morgan fingerprint density at radius 1 is 1.33 bits per heavy atom. The Labute approximate surface area is 108 Å². The molecule has 0 aliphatic carbocycles. The average Bonchev–Trinajstić information content (AvgIpc) is 2.32. The largest absolute Gasteiger partial charge is 0.359 e. The summed E-state index contributed by atoms with van der Waals surface area (Å²) in [6, 6.07) is 7.53. The number of benzene rings is 1. The molecule has 1 aliphatic rings. The highest BCUT2D eigenvalue weighted by Crippen LogP contribution is 2.31. The van der Waals surface area contributed by atoms with Crippen LogP contribution in [-0.2, 0) is 4.79 Å². The van der Waals surface area contributed by atoms with Crippen molar-refractivity contribution in [3.05, 3.63) is 29.8 Å². The van der Waals surface area contributed by atoms with Crippen LogP contribution in [0.1, 0.15) is 44.0 Å². The van der Waals surface area contributed by atoms with Crippen molar-refractivity contribution in [2.75, 3.05) is 11.4 Å². The molecule has 0 atom stereocenters. The van der Waals surface area contributed by atoms with E-state index < -0.39 is 0 Å². The molecule has 2 rings (SSSR count). The molecular weight excluding hydrogens is 226 g/mol. The van der Waals surface area contributed by atoms with E-state index in [0.717, 1.165) is 12.1 Å². The van der Waals surface area contributed by atoms with Crippen molar-refractivity contribution in [1.29, 1.82) is 0 Å². The van der Waals surface area contributed by atoms with Crippen LogP contribution in [0.3, 0.4) is 0 Å².